The van der Waals surface area contributed by atoms with Gasteiger partial charge in [-0.1, -0.05) is 68.1 Å². The van der Waals surface area contributed by atoms with E-state index in [0.717, 1.165) is 24.0 Å². The van der Waals surface area contributed by atoms with Crippen LogP contribution in [0.25, 0.3) is 0 Å². The first-order valence-corrected chi connectivity index (χ1v) is 13.5. The molecule has 1 fully saturated rings. The number of ketones is 1. The monoisotopic (exact) mass is 540 g/mol. The zero-order chi connectivity index (χ0) is 26.3. The third-order valence-electron chi connectivity index (χ3n) is 8.09. The highest BCUT2D eigenvalue weighted by atomic mass is 35.5. The molecule has 0 radical (unpaired) electrons. The van der Waals surface area contributed by atoms with E-state index >= 15 is 0 Å². The molecule has 0 bridgehead atoms. The molecule has 0 aliphatic heterocycles. The number of fused-ring (bicyclic) bond motifs is 1. The number of rotatable bonds is 7. The first kappa shape index (κ1) is 25.9. The summed E-state index contributed by atoms with van der Waals surface area (Å²) in [5, 5.41) is 9.82. The smallest absolute Gasteiger partial charge is 0.310 e. The normalized spacial score (nSPS) is 25.2. The number of hydrogen-bond donors (Lipinski definition) is 1. The van der Waals surface area contributed by atoms with Gasteiger partial charge in [-0.15, -0.1) is 0 Å². The predicted molar refractivity (Wildman–Crippen MR) is 143 cm³/mol. The average Bonchev–Trinajstić information content (AvgIpc) is 3.49. The maximum absolute atomic E-state index is 13.4. The van der Waals surface area contributed by atoms with Gasteiger partial charge in [0.05, 0.1) is 10.9 Å². The van der Waals surface area contributed by atoms with Crippen molar-refractivity contribution >= 4 is 35.0 Å². The number of ether oxygens (including phenoxy) is 2. The molecule has 2 aromatic rings. The molecule has 0 saturated heterocycles. The summed E-state index contributed by atoms with van der Waals surface area (Å²) in [6.07, 6.45) is 10.3. The average molecular weight is 541 g/mol. The predicted octanol–water partition coefficient (Wildman–Crippen LogP) is 7.68. The zero-order valence-electron chi connectivity index (χ0n) is 20.9. The van der Waals surface area contributed by atoms with Crippen LogP contribution in [0.3, 0.4) is 0 Å². The van der Waals surface area contributed by atoms with Crippen LogP contribution in [-0.4, -0.2) is 16.9 Å². The number of aliphatic carboxylic acids is 1. The molecule has 3 unspecified atom stereocenters. The van der Waals surface area contributed by atoms with Crippen molar-refractivity contribution in [1.29, 1.82) is 0 Å². The van der Waals surface area contributed by atoms with Crippen molar-refractivity contribution < 1.29 is 24.2 Å². The molecule has 1 N–H and O–H groups in total. The van der Waals surface area contributed by atoms with Crippen LogP contribution in [0.5, 0.6) is 11.5 Å². The van der Waals surface area contributed by atoms with E-state index in [0.29, 0.717) is 35.2 Å². The molecule has 0 amide bonds. The van der Waals surface area contributed by atoms with E-state index in [2.05, 4.69) is 6.92 Å². The second-order valence-corrected chi connectivity index (χ2v) is 11.4. The molecule has 3 aliphatic rings. The van der Waals surface area contributed by atoms with Gasteiger partial charge in [-0.05, 0) is 72.6 Å². The quantitative estimate of drug-likeness (QED) is 0.389. The van der Waals surface area contributed by atoms with E-state index in [4.69, 9.17) is 32.7 Å². The van der Waals surface area contributed by atoms with Gasteiger partial charge in [0, 0.05) is 11.0 Å². The number of allylic oxidation sites excluding steroid dienone is 2. The summed E-state index contributed by atoms with van der Waals surface area (Å²) in [7, 11) is 0. The Balaban J connectivity index is 1.29. The molecular weight excluding hydrogens is 511 g/mol. The number of carboxylic acid groups (broad SMARTS) is 1. The molecule has 1 saturated carbocycles. The van der Waals surface area contributed by atoms with Crippen LogP contribution in [0.1, 0.15) is 61.0 Å². The standard InChI is InChI=1S/C30H30Cl2O5/c1-17-12-22(10-11-23(17)29(34)35)37-21-9-5-6-18(13-21)16-36-24-14-19-15-30(2,20-7-3-4-8-20)28(33)25(19)27(32)26(24)31/h5-6,9-14,17,20,23H,3-4,7-8,15-16H2,1-2H3,(H,34,35). The van der Waals surface area contributed by atoms with Crippen LogP contribution in [0.2, 0.25) is 10.0 Å². The fourth-order valence-electron chi connectivity index (χ4n) is 5.96. The Morgan fingerprint density at radius 3 is 2.62 bits per heavy atom. The van der Waals surface area contributed by atoms with Crippen molar-refractivity contribution in [3.05, 3.63) is 81.1 Å². The van der Waals surface area contributed by atoms with Gasteiger partial charge >= 0.3 is 5.97 Å². The zero-order valence-corrected chi connectivity index (χ0v) is 22.4. The highest BCUT2D eigenvalue weighted by molar-refractivity contribution is 6.45. The minimum Gasteiger partial charge on any atom is -0.487 e. The lowest BCUT2D eigenvalue weighted by Gasteiger charge is -2.29. The maximum atomic E-state index is 13.4. The Labute approximate surface area is 227 Å². The fourth-order valence-corrected chi connectivity index (χ4v) is 6.46. The highest BCUT2D eigenvalue weighted by Crippen LogP contribution is 2.52. The minimum absolute atomic E-state index is 0.104. The fraction of sp³-hybridized carbons (Fsp3) is 0.400. The third kappa shape index (κ3) is 4.92. The Hall–Kier alpha value is -2.76. The summed E-state index contributed by atoms with van der Waals surface area (Å²) in [6.45, 7) is 4.17. The maximum Gasteiger partial charge on any atom is 0.310 e. The highest BCUT2D eigenvalue weighted by Gasteiger charge is 2.49. The van der Waals surface area contributed by atoms with E-state index in [1.807, 2.05) is 43.3 Å². The molecule has 0 spiro atoms. The first-order chi connectivity index (χ1) is 17.7. The number of halogens is 2. The summed E-state index contributed by atoms with van der Waals surface area (Å²) in [4.78, 5) is 24.7. The van der Waals surface area contributed by atoms with Gasteiger partial charge in [-0.2, -0.15) is 0 Å². The minimum atomic E-state index is -0.851. The lowest BCUT2D eigenvalue weighted by atomic mass is 9.73. The van der Waals surface area contributed by atoms with E-state index in [1.54, 1.807) is 12.2 Å². The van der Waals surface area contributed by atoms with Crippen LogP contribution in [0.15, 0.2) is 54.3 Å². The molecule has 37 heavy (non-hydrogen) atoms. The largest absolute Gasteiger partial charge is 0.487 e. The van der Waals surface area contributed by atoms with Gasteiger partial charge in [0.2, 0.25) is 0 Å². The molecule has 7 heteroatoms. The second-order valence-electron chi connectivity index (χ2n) is 10.6. The van der Waals surface area contributed by atoms with E-state index in [1.165, 1.54) is 12.8 Å². The first-order valence-electron chi connectivity index (χ1n) is 12.8. The van der Waals surface area contributed by atoms with Gasteiger partial charge in [-0.25, -0.2) is 0 Å². The van der Waals surface area contributed by atoms with Gasteiger partial charge in [0.1, 0.15) is 28.9 Å². The molecule has 2 aromatic carbocycles. The number of Topliss-reactive ketones (excluding diaryl/α,β-unsaturated/α-hetero) is 1. The van der Waals surface area contributed by atoms with Crippen molar-refractivity contribution in [2.24, 2.45) is 23.2 Å². The number of hydrogen-bond acceptors (Lipinski definition) is 4. The van der Waals surface area contributed by atoms with Crippen LogP contribution in [0, 0.1) is 23.2 Å². The molecular formula is C30H30Cl2O5. The van der Waals surface area contributed by atoms with Gasteiger partial charge in [0.15, 0.2) is 5.78 Å². The van der Waals surface area contributed by atoms with Crippen molar-refractivity contribution in [3.63, 3.8) is 0 Å². The molecule has 0 heterocycles. The Bertz CT molecular complexity index is 1310. The number of benzene rings is 2. The molecule has 194 valence electrons. The molecule has 5 rings (SSSR count). The summed E-state index contributed by atoms with van der Waals surface area (Å²) in [5.41, 5.74) is 1.90. The van der Waals surface area contributed by atoms with Crippen LogP contribution < -0.4 is 9.47 Å². The van der Waals surface area contributed by atoms with Crippen molar-refractivity contribution in [1.82, 2.24) is 0 Å². The molecule has 0 aromatic heterocycles. The van der Waals surface area contributed by atoms with Crippen molar-refractivity contribution in [3.8, 4) is 11.5 Å². The van der Waals surface area contributed by atoms with E-state index in [9.17, 15) is 14.7 Å². The van der Waals surface area contributed by atoms with Crippen molar-refractivity contribution in [2.45, 2.75) is 52.6 Å². The SMILES string of the molecule is CC1C=C(Oc2cccc(COc3cc4c(c(Cl)c3Cl)C(=O)C(C)(C3CCCC3)C4)c2)C=CC1C(=O)O. The van der Waals surface area contributed by atoms with Crippen LogP contribution >= 0.6 is 23.2 Å². The number of carboxylic acids is 1. The van der Waals surface area contributed by atoms with Gasteiger partial charge in [0.25, 0.3) is 0 Å². The third-order valence-corrected chi connectivity index (χ3v) is 8.94. The topological polar surface area (TPSA) is 72.8 Å². The second kappa shape index (κ2) is 10.2. The lowest BCUT2D eigenvalue weighted by molar-refractivity contribution is -0.141. The van der Waals surface area contributed by atoms with E-state index < -0.39 is 17.3 Å². The summed E-state index contributed by atoms with van der Waals surface area (Å²) < 4.78 is 12.1. The molecule has 3 aliphatic carbocycles. The van der Waals surface area contributed by atoms with E-state index in [-0.39, 0.29) is 28.4 Å². The molecule has 3 atom stereocenters. The Kier molecular flexibility index (Phi) is 7.12. The van der Waals surface area contributed by atoms with Gasteiger partial charge in [-0.3, -0.25) is 9.59 Å². The molecule has 5 nitrogen and oxygen atoms in total. The Morgan fingerprint density at radius 1 is 1.16 bits per heavy atom. The van der Waals surface area contributed by atoms with Crippen LogP contribution in [-0.2, 0) is 17.8 Å². The van der Waals surface area contributed by atoms with Crippen LogP contribution in [0.4, 0.5) is 0 Å². The lowest BCUT2D eigenvalue weighted by Crippen LogP contribution is -2.32. The van der Waals surface area contributed by atoms with Crippen molar-refractivity contribution in [2.75, 3.05) is 0 Å². The number of carbonyl (C=O) groups excluding carboxylic acids is 1. The number of carbonyl (C=O) groups is 2. The summed E-state index contributed by atoms with van der Waals surface area (Å²) in [5.74, 6) is 0.595. The Morgan fingerprint density at radius 2 is 1.92 bits per heavy atom. The summed E-state index contributed by atoms with van der Waals surface area (Å²) >= 11 is 13.2. The summed E-state index contributed by atoms with van der Waals surface area (Å²) in [6, 6.07) is 9.37. The van der Waals surface area contributed by atoms with Gasteiger partial charge < -0.3 is 14.6 Å².